The summed E-state index contributed by atoms with van der Waals surface area (Å²) in [4.78, 5) is 0. The van der Waals surface area contributed by atoms with Gasteiger partial charge in [0.1, 0.15) is 0 Å². The maximum atomic E-state index is 12.5. The molecule has 1 aliphatic carbocycles. The van der Waals surface area contributed by atoms with Crippen molar-refractivity contribution >= 4 is 11.4 Å². The van der Waals surface area contributed by atoms with E-state index in [1.807, 2.05) is 0 Å². The van der Waals surface area contributed by atoms with Crippen LogP contribution in [0.3, 0.4) is 0 Å². The van der Waals surface area contributed by atoms with Crippen molar-refractivity contribution in [3.63, 3.8) is 0 Å². The number of hydrogen-bond donors (Lipinski definition) is 2. The zero-order valence-corrected chi connectivity index (χ0v) is 7.93. The lowest BCUT2D eigenvalue weighted by Gasteiger charge is -2.12. The van der Waals surface area contributed by atoms with E-state index in [2.05, 4.69) is 5.32 Å². The Bertz CT molecular complexity index is 369. The predicted molar refractivity (Wildman–Crippen MR) is 52.5 cm³/mol. The Morgan fingerprint density at radius 3 is 2.47 bits per heavy atom. The fourth-order valence-electron chi connectivity index (χ4n) is 1.35. The molecule has 0 unspecified atom stereocenters. The molecule has 1 fully saturated rings. The van der Waals surface area contributed by atoms with Gasteiger partial charge in [-0.15, -0.1) is 0 Å². The van der Waals surface area contributed by atoms with Gasteiger partial charge in [-0.2, -0.15) is 13.2 Å². The summed E-state index contributed by atoms with van der Waals surface area (Å²) in [5.74, 6) is 0. The third-order valence-corrected chi connectivity index (χ3v) is 2.31. The van der Waals surface area contributed by atoms with E-state index in [-0.39, 0.29) is 5.69 Å². The number of anilines is 2. The minimum atomic E-state index is -4.38. The molecule has 0 heterocycles. The van der Waals surface area contributed by atoms with Crippen LogP contribution in [-0.4, -0.2) is 6.04 Å². The largest absolute Gasteiger partial charge is 0.418 e. The fraction of sp³-hybridized carbons (Fsp3) is 0.400. The van der Waals surface area contributed by atoms with Crippen LogP contribution in [0.2, 0.25) is 0 Å². The van der Waals surface area contributed by atoms with Crippen LogP contribution in [-0.2, 0) is 6.18 Å². The second kappa shape index (κ2) is 3.32. The minimum absolute atomic E-state index is 0.233. The number of nitrogens with one attached hydrogen (secondary N) is 1. The van der Waals surface area contributed by atoms with Gasteiger partial charge < -0.3 is 11.1 Å². The zero-order valence-electron chi connectivity index (χ0n) is 7.93. The summed E-state index contributed by atoms with van der Waals surface area (Å²) >= 11 is 0. The van der Waals surface area contributed by atoms with E-state index in [0.29, 0.717) is 11.7 Å². The molecule has 0 amide bonds. The first-order valence-corrected chi connectivity index (χ1v) is 4.70. The Labute approximate surface area is 85.3 Å². The first-order chi connectivity index (χ1) is 6.97. The SMILES string of the molecule is Nc1ccc(NC2CC2)cc1C(F)(F)F. The highest BCUT2D eigenvalue weighted by atomic mass is 19.4. The zero-order chi connectivity index (χ0) is 11.1. The minimum Gasteiger partial charge on any atom is -0.398 e. The molecule has 0 radical (unpaired) electrons. The van der Waals surface area contributed by atoms with E-state index in [1.54, 1.807) is 6.07 Å². The van der Waals surface area contributed by atoms with Gasteiger partial charge in [0, 0.05) is 17.4 Å². The van der Waals surface area contributed by atoms with Gasteiger partial charge in [-0.3, -0.25) is 0 Å². The number of nitrogens with two attached hydrogens (primary N) is 1. The normalized spacial score (nSPS) is 16.5. The van der Waals surface area contributed by atoms with Crippen molar-refractivity contribution in [1.82, 2.24) is 0 Å². The standard InChI is InChI=1S/C10H11F3N2/c11-10(12,13)8-5-7(3-4-9(8)14)15-6-1-2-6/h3-6,15H,1-2,14H2. The molecule has 1 saturated carbocycles. The first-order valence-electron chi connectivity index (χ1n) is 4.70. The second-order valence-corrected chi connectivity index (χ2v) is 3.72. The third-order valence-electron chi connectivity index (χ3n) is 2.31. The molecule has 0 aliphatic heterocycles. The first kappa shape index (κ1) is 10.1. The van der Waals surface area contributed by atoms with E-state index in [9.17, 15) is 13.2 Å². The molecule has 0 aromatic heterocycles. The molecule has 0 saturated heterocycles. The van der Waals surface area contributed by atoms with Crippen molar-refractivity contribution in [1.29, 1.82) is 0 Å². The highest BCUT2D eigenvalue weighted by Gasteiger charge is 2.33. The Morgan fingerprint density at radius 1 is 1.27 bits per heavy atom. The number of rotatable bonds is 2. The van der Waals surface area contributed by atoms with Gasteiger partial charge in [0.25, 0.3) is 0 Å². The molecule has 2 nitrogen and oxygen atoms in total. The van der Waals surface area contributed by atoms with Crippen LogP contribution >= 0.6 is 0 Å². The predicted octanol–water partition coefficient (Wildman–Crippen LogP) is 2.86. The van der Waals surface area contributed by atoms with Crippen LogP contribution in [0.5, 0.6) is 0 Å². The summed E-state index contributed by atoms with van der Waals surface area (Å²) in [5.41, 5.74) is 4.76. The topological polar surface area (TPSA) is 38.0 Å². The lowest BCUT2D eigenvalue weighted by atomic mass is 10.1. The summed E-state index contributed by atoms with van der Waals surface area (Å²) in [6, 6.07) is 4.25. The van der Waals surface area contributed by atoms with Crippen LogP contribution in [0.1, 0.15) is 18.4 Å². The summed E-state index contributed by atoms with van der Waals surface area (Å²) in [7, 11) is 0. The summed E-state index contributed by atoms with van der Waals surface area (Å²) < 4.78 is 37.4. The smallest absolute Gasteiger partial charge is 0.398 e. The molecule has 3 N–H and O–H groups in total. The van der Waals surface area contributed by atoms with Crippen molar-refractivity contribution in [2.45, 2.75) is 25.1 Å². The number of benzene rings is 1. The molecule has 5 heteroatoms. The molecule has 82 valence electrons. The van der Waals surface area contributed by atoms with E-state index >= 15 is 0 Å². The molecule has 1 aromatic carbocycles. The number of nitrogen functional groups attached to an aromatic ring is 1. The van der Waals surface area contributed by atoms with Crippen molar-refractivity contribution in [3.05, 3.63) is 23.8 Å². The van der Waals surface area contributed by atoms with Gasteiger partial charge in [0.15, 0.2) is 0 Å². The number of hydrogen-bond acceptors (Lipinski definition) is 2. The number of halogens is 3. The van der Waals surface area contributed by atoms with Gasteiger partial charge in [-0.1, -0.05) is 0 Å². The Morgan fingerprint density at radius 2 is 1.93 bits per heavy atom. The van der Waals surface area contributed by atoms with Gasteiger partial charge in [-0.05, 0) is 31.0 Å². The summed E-state index contributed by atoms with van der Waals surface area (Å²) in [6.07, 6.45) is -2.34. The van der Waals surface area contributed by atoms with Gasteiger partial charge in [0.2, 0.25) is 0 Å². The highest BCUT2D eigenvalue weighted by molar-refractivity contribution is 5.59. The van der Waals surface area contributed by atoms with Crippen molar-refractivity contribution < 1.29 is 13.2 Å². The maximum Gasteiger partial charge on any atom is 0.418 e. The highest BCUT2D eigenvalue weighted by Crippen LogP contribution is 2.36. The monoisotopic (exact) mass is 216 g/mol. The molecule has 1 aromatic rings. The van der Waals surface area contributed by atoms with Crippen LogP contribution in [0.15, 0.2) is 18.2 Å². The summed E-state index contributed by atoms with van der Waals surface area (Å²) in [6.45, 7) is 0. The third kappa shape index (κ3) is 2.34. The second-order valence-electron chi connectivity index (χ2n) is 3.72. The van der Waals surface area contributed by atoms with Crippen LogP contribution in [0.4, 0.5) is 24.5 Å². The fourth-order valence-corrected chi connectivity index (χ4v) is 1.35. The van der Waals surface area contributed by atoms with E-state index in [0.717, 1.165) is 18.9 Å². The van der Waals surface area contributed by atoms with Crippen LogP contribution in [0.25, 0.3) is 0 Å². The average molecular weight is 216 g/mol. The lowest BCUT2D eigenvalue weighted by molar-refractivity contribution is -0.136. The number of alkyl halides is 3. The summed E-state index contributed by atoms with van der Waals surface area (Å²) in [5, 5.41) is 3.00. The average Bonchev–Trinajstić information content (AvgIpc) is 2.90. The quantitative estimate of drug-likeness (QED) is 0.746. The Balaban J connectivity index is 2.27. The van der Waals surface area contributed by atoms with E-state index in [4.69, 9.17) is 5.73 Å². The molecule has 1 aliphatic rings. The van der Waals surface area contributed by atoms with Crippen LogP contribution in [0, 0.1) is 0 Å². The molecule has 0 bridgehead atoms. The molecule has 2 rings (SSSR count). The lowest BCUT2D eigenvalue weighted by Crippen LogP contribution is -2.10. The molecular weight excluding hydrogens is 205 g/mol. The Kier molecular flexibility index (Phi) is 2.25. The molecule has 0 atom stereocenters. The maximum absolute atomic E-state index is 12.5. The van der Waals surface area contributed by atoms with Crippen molar-refractivity contribution in [2.24, 2.45) is 0 Å². The van der Waals surface area contributed by atoms with Crippen LogP contribution < -0.4 is 11.1 Å². The van der Waals surface area contributed by atoms with E-state index < -0.39 is 11.7 Å². The van der Waals surface area contributed by atoms with Gasteiger partial charge in [-0.25, -0.2) is 0 Å². The molecule has 15 heavy (non-hydrogen) atoms. The Hall–Kier alpha value is -1.39. The van der Waals surface area contributed by atoms with E-state index in [1.165, 1.54) is 6.07 Å². The van der Waals surface area contributed by atoms with Crippen molar-refractivity contribution in [2.75, 3.05) is 11.1 Å². The van der Waals surface area contributed by atoms with Crippen molar-refractivity contribution in [3.8, 4) is 0 Å². The van der Waals surface area contributed by atoms with Gasteiger partial charge >= 0.3 is 6.18 Å². The molecule has 0 spiro atoms. The molecular formula is C10H11F3N2. The van der Waals surface area contributed by atoms with Gasteiger partial charge in [0.05, 0.1) is 5.56 Å².